The molecule has 1 fully saturated rings. The van der Waals surface area contributed by atoms with Gasteiger partial charge in [-0.05, 0) is 63.5 Å². The Labute approximate surface area is 166 Å². The molecule has 0 bridgehead atoms. The number of nitrogens with one attached hydrogen (secondary N) is 2. The number of carbonyl (C=O) groups is 1. The summed E-state index contributed by atoms with van der Waals surface area (Å²) < 4.78 is 22.5. The highest BCUT2D eigenvalue weighted by molar-refractivity contribution is 7.89. The molecule has 4 N–H and O–H groups in total. The van der Waals surface area contributed by atoms with Gasteiger partial charge in [0.25, 0.3) is 0 Å². The van der Waals surface area contributed by atoms with Crippen molar-refractivity contribution in [1.29, 1.82) is 0 Å². The minimum Gasteiger partial charge on any atom is -0.358 e. The van der Waals surface area contributed by atoms with Crippen molar-refractivity contribution in [2.24, 2.45) is 5.14 Å². The Hall–Kier alpha value is -1.71. The van der Waals surface area contributed by atoms with Crippen molar-refractivity contribution >= 4 is 33.3 Å². The molecule has 150 valence electrons. The summed E-state index contributed by atoms with van der Waals surface area (Å²) in [7, 11) is -3.68. The molecule has 1 heterocycles. The SMILES string of the molecule is CC1CC(C)(C)NC(=S)N1CCC(=O)NCCc1ccc(S(N)(=O)=O)cc1. The van der Waals surface area contributed by atoms with Gasteiger partial charge in [-0.15, -0.1) is 0 Å². The summed E-state index contributed by atoms with van der Waals surface area (Å²) in [5.74, 6) is -0.0315. The Morgan fingerprint density at radius 2 is 2.00 bits per heavy atom. The first-order valence-corrected chi connectivity index (χ1v) is 10.9. The first-order chi connectivity index (χ1) is 12.5. The third kappa shape index (κ3) is 6.44. The Morgan fingerprint density at radius 3 is 2.56 bits per heavy atom. The third-order valence-corrected chi connectivity index (χ3v) is 5.88. The number of hydrogen-bond acceptors (Lipinski definition) is 4. The fraction of sp³-hybridized carbons (Fsp3) is 0.556. The average Bonchev–Trinajstić information content (AvgIpc) is 2.52. The molecule has 1 amide bonds. The van der Waals surface area contributed by atoms with Crippen LogP contribution in [0.3, 0.4) is 0 Å². The molecule has 1 saturated heterocycles. The van der Waals surface area contributed by atoms with E-state index in [9.17, 15) is 13.2 Å². The van der Waals surface area contributed by atoms with Crippen molar-refractivity contribution in [3.05, 3.63) is 29.8 Å². The predicted octanol–water partition coefficient (Wildman–Crippen LogP) is 1.13. The number of thiocarbonyl (C=S) groups is 1. The molecular weight excluding hydrogens is 384 g/mol. The minimum absolute atomic E-state index is 0.0198. The van der Waals surface area contributed by atoms with Gasteiger partial charge in [0.2, 0.25) is 15.9 Å². The zero-order valence-electron chi connectivity index (χ0n) is 16.0. The second kappa shape index (κ2) is 8.53. The smallest absolute Gasteiger partial charge is 0.238 e. The van der Waals surface area contributed by atoms with Crippen molar-refractivity contribution in [1.82, 2.24) is 15.5 Å². The van der Waals surface area contributed by atoms with Gasteiger partial charge in [-0.25, -0.2) is 13.6 Å². The molecule has 1 aromatic rings. The van der Waals surface area contributed by atoms with Crippen LogP contribution < -0.4 is 15.8 Å². The van der Waals surface area contributed by atoms with E-state index in [2.05, 4.69) is 36.3 Å². The summed E-state index contributed by atoms with van der Waals surface area (Å²) in [5, 5.41) is 12.0. The largest absolute Gasteiger partial charge is 0.358 e. The number of carbonyl (C=O) groups excluding carboxylic acids is 1. The third-order valence-electron chi connectivity index (χ3n) is 4.61. The van der Waals surface area contributed by atoms with Crippen LogP contribution in [0.1, 0.15) is 39.2 Å². The highest BCUT2D eigenvalue weighted by Crippen LogP contribution is 2.22. The molecule has 1 aromatic carbocycles. The number of hydrogen-bond donors (Lipinski definition) is 3. The van der Waals surface area contributed by atoms with Crippen LogP contribution >= 0.6 is 12.2 Å². The van der Waals surface area contributed by atoms with Crippen LogP contribution in [0.4, 0.5) is 0 Å². The van der Waals surface area contributed by atoms with Gasteiger partial charge in [-0.2, -0.15) is 0 Å². The van der Waals surface area contributed by atoms with E-state index < -0.39 is 10.0 Å². The first kappa shape index (κ1) is 21.6. The quantitative estimate of drug-likeness (QED) is 0.580. The number of nitrogens with zero attached hydrogens (tertiary/aromatic N) is 1. The van der Waals surface area contributed by atoms with E-state index in [0.29, 0.717) is 37.1 Å². The topological polar surface area (TPSA) is 105 Å². The van der Waals surface area contributed by atoms with E-state index >= 15 is 0 Å². The number of benzene rings is 1. The van der Waals surface area contributed by atoms with Crippen molar-refractivity contribution < 1.29 is 13.2 Å². The van der Waals surface area contributed by atoms with Gasteiger partial charge in [0.15, 0.2) is 5.11 Å². The monoisotopic (exact) mass is 412 g/mol. The Kier molecular flexibility index (Phi) is 6.82. The summed E-state index contributed by atoms with van der Waals surface area (Å²) >= 11 is 5.42. The molecular formula is C18H28N4O3S2. The zero-order chi connectivity index (χ0) is 20.2. The van der Waals surface area contributed by atoms with E-state index in [-0.39, 0.29) is 16.3 Å². The predicted molar refractivity (Wildman–Crippen MR) is 110 cm³/mol. The highest BCUT2D eigenvalue weighted by atomic mass is 32.2. The summed E-state index contributed by atoms with van der Waals surface area (Å²) in [6.45, 7) is 7.43. The zero-order valence-corrected chi connectivity index (χ0v) is 17.6. The van der Waals surface area contributed by atoms with E-state index in [1.165, 1.54) is 12.1 Å². The minimum atomic E-state index is -3.68. The summed E-state index contributed by atoms with van der Waals surface area (Å²) in [5.41, 5.74) is 0.911. The van der Waals surface area contributed by atoms with E-state index in [1.807, 2.05) is 0 Å². The van der Waals surface area contributed by atoms with Gasteiger partial charge in [0.1, 0.15) is 0 Å². The Bertz CT molecular complexity index is 791. The van der Waals surface area contributed by atoms with Crippen molar-refractivity contribution in [3.63, 3.8) is 0 Å². The fourth-order valence-electron chi connectivity index (χ4n) is 3.29. The lowest BCUT2D eigenvalue weighted by Crippen LogP contribution is -2.60. The molecule has 0 saturated carbocycles. The molecule has 9 heteroatoms. The maximum atomic E-state index is 12.1. The van der Waals surface area contributed by atoms with Crippen molar-refractivity contribution in [2.45, 2.75) is 56.5 Å². The van der Waals surface area contributed by atoms with Crippen LogP contribution in [-0.4, -0.2) is 49.0 Å². The van der Waals surface area contributed by atoms with Crippen molar-refractivity contribution in [3.8, 4) is 0 Å². The van der Waals surface area contributed by atoms with Crippen LogP contribution in [0.5, 0.6) is 0 Å². The molecule has 1 aliphatic rings. The molecule has 7 nitrogen and oxygen atoms in total. The summed E-state index contributed by atoms with van der Waals surface area (Å²) in [4.78, 5) is 14.2. The fourth-order valence-corrected chi connectivity index (χ4v) is 4.35. The van der Waals surface area contributed by atoms with Gasteiger partial charge in [-0.3, -0.25) is 4.79 Å². The second-order valence-electron chi connectivity index (χ2n) is 7.60. The standard InChI is InChI=1S/C18H28N4O3S2/c1-13-12-18(2,3)21-17(26)22(13)11-9-16(23)20-10-8-14-4-6-15(7-5-14)27(19,24)25/h4-7,13H,8-12H2,1-3H3,(H,20,23)(H,21,26)(H2,19,24,25). The number of rotatable bonds is 7. The molecule has 1 aliphatic heterocycles. The summed E-state index contributed by atoms with van der Waals surface area (Å²) in [6.07, 6.45) is 1.95. The van der Waals surface area contributed by atoms with Crippen LogP contribution in [0.15, 0.2) is 29.2 Å². The first-order valence-electron chi connectivity index (χ1n) is 8.95. The lowest BCUT2D eigenvalue weighted by molar-refractivity contribution is -0.121. The Morgan fingerprint density at radius 1 is 1.37 bits per heavy atom. The lowest BCUT2D eigenvalue weighted by atomic mass is 9.93. The van der Waals surface area contributed by atoms with Gasteiger partial charge in [-0.1, -0.05) is 12.1 Å². The lowest BCUT2D eigenvalue weighted by Gasteiger charge is -2.44. The van der Waals surface area contributed by atoms with Crippen LogP contribution in [0.25, 0.3) is 0 Å². The summed E-state index contributed by atoms with van der Waals surface area (Å²) in [6, 6.07) is 6.64. The average molecular weight is 413 g/mol. The van der Waals surface area contributed by atoms with Gasteiger partial charge in [0.05, 0.1) is 4.90 Å². The van der Waals surface area contributed by atoms with Crippen LogP contribution in [-0.2, 0) is 21.2 Å². The number of primary sulfonamides is 1. The molecule has 0 spiro atoms. The maximum Gasteiger partial charge on any atom is 0.238 e. The molecule has 1 atom stereocenters. The van der Waals surface area contributed by atoms with Crippen LogP contribution in [0, 0.1) is 0 Å². The second-order valence-corrected chi connectivity index (χ2v) is 9.55. The van der Waals surface area contributed by atoms with Crippen molar-refractivity contribution in [2.75, 3.05) is 13.1 Å². The van der Waals surface area contributed by atoms with Crippen LogP contribution in [0.2, 0.25) is 0 Å². The van der Waals surface area contributed by atoms with E-state index in [0.717, 1.165) is 12.0 Å². The number of nitrogens with two attached hydrogens (primary N) is 1. The van der Waals surface area contributed by atoms with Gasteiger partial charge in [0, 0.05) is 31.1 Å². The van der Waals surface area contributed by atoms with E-state index in [1.54, 1.807) is 12.1 Å². The molecule has 0 aromatic heterocycles. The number of amides is 1. The molecule has 1 unspecified atom stereocenters. The molecule has 2 rings (SSSR count). The molecule has 0 aliphatic carbocycles. The maximum absolute atomic E-state index is 12.1. The highest BCUT2D eigenvalue weighted by Gasteiger charge is 2.32. The molecule has 0 radical (unpaired) electrons. The Balaban J connectivity index is 1.74. The van der Waals surface area contributed by atoms with E-state index in [4.69, 9.17) is 17.4 Å². The van der Waals surface area contributed by atoms with Gasteiger partial charge >= 0.3 is 0 Å². The molecule has 27 heavy (non-hydrogen) atoms. The number of sulfonamides is 1. The normalized spacial score (nSPS) is 19.5. The van der Waals surface area contributed by atoms with Gasteiger partial charge < -0.3 is 15.5 Å².